The predicted molar refractivity (Wildman–Crippen MR) is 84.6 cm³/mol. The lowest BCUT2D eigenvalue weighted by molar-refractivity contribution is 0.0948. The molecule has 1 amide bonds. The molecule has 1 N–H and O–H groups in total. The number of carbonyl (C=O) groups is 1. The molecule has 0 saturated heterocycles. The molecule has 0 atom stereocenters. The van der Waals surface area contributed by atoms with Gasteiger partial charge in [-0.1, -0.05) is 32.8 Å². The third kappa shape index (κ3) is 3.48. The van der Waals surface area contributed by atoms with E-state index in [1.165, 1.54) is 0 Å². The number of hydrogen-bond acceptors (Lipinski definition) is 3. The highest BCUT2D eigenvalue weighted by atomic mass is 16.2. The minimum atomic E-state index is -0.212. The number of rotatable bonds is 6. The highest BCUT2D eigenvalue weighted by Crippen LogP contribution is 2.11. The average molecular weight is 286 g/mol. The molecule has 0 unspecified atom stereocenters. The second-order valence-electron chi connectivity index (χ2n) is 5.09. The normalized spacial score (nSPS) is 10.6. The van der Waals surface area contributed by atoms with Gasteiger partial charge in [0.25, 0.3) is 5.91 Å². The number of carbonyl (C=O) groups excluding carboxylic acids is 1. The van der Waals surface area contributed by atoms with Crippen LogP contribution < -0.4 is 5.43 Å². The fraction of sp³-hybridized carbons (Fsp3) is 0.438. The maximum atomic E-state index is 12.4. The monoisotopic (exact) mass is 286 g/mol. The number of pyridine rings is 1. The first-order chi connectivity index (χ1) is 10.2. The van der Waals surface area contributed by atoms with E-state index in [-0.39, 0.29) is 5.91 Å². The lowest BCUT2D eigenvalue weighted by atomic mass is 10.1. The summed E-state index contributed by atoms with van der Waals surface area (Å²) in [6.45, 7) is 6.06. The summed E-state index contributed by atoms with van der Waals surface area (Å²) >= 11 is 0. The van der Waals surface area contributed by atoms with Crippen LogP contribution in [0.2, 0.25) is 0 Å². The van der Waals surface area contributed by atoms with Gasteiger partial charge in [-0.15, -0.1) is 0 Å². The second kappa shape index (κ2) is 7.02. The molecular weight excluding hydrogens is 264 g/mol. The average Bonchev–Trinajstić information content (AvgIpc) is 2.81. The van der Waals surface area contributed by atoms with Crippen molar-refractivity contribution in [3.63, 3.8) is 0 Å². The molecule has 0 aliphatic rings. The third-order valence-electron chi connectivity index (χ3n) is 3.31. The van der Waals surface area contributed by atoms with E-state index in [0.717, 1.165) is 37.0 Å². The first-order valence-corrected chi connectivity index (χ1v) is 7.46. The van der Waals surface area contributed by atoms with Crippen molar-refractivity contribution in [2.75, 3.05) is 0 Å². The van der Waals surface area contributed by atoms with Crippen molar-refractivity contribution < 1.29 is 4.79 Å². The summed E-state index contributed by atoms with van der Waals surface area (Å²) in [5, 5.41) is 4.28. The topological polar surface area (TPSA) is 58.8 Å². The van der Waals surface area contributed by atoms with Crippen LogP contribution in [0.5, 0.6) is 0 Å². The maximum Gasteiger partial charge on any atom is 0.290 e. The number of nitrogens with one attached hydrogen (secondary N) is 1. The molecule has 21 heavy (non-hydrogen) atoms. The molecule has 0 saturated carbocycles. The number of imidazole rings is 1. The van der Waals surface area contributed by atoms with E-state index in [4.69, 9.17) is 0 Å². The van der Waals surface area contributed by atoms with Crippen LogP contribution in [0.15, 0.2) is 29.5 Å². The van der Waals surface area contributed by atoms with Crippen LogP contribution in [0.4, 0.5) is 0 Å². The molecule has 5 heteroatoms. The van der Waals surface area contributed by atoms with Crippen LogP contribution in [0.1, 0.15) is 55.7 Å². The lowest BCUT2D eigenvalue weighted by Gasteiger charge is -2.05. The fourth-order valence-electron chi connectivity index (χ4n) is 2.38. The first kappa shape index (κ1) is 15.2. The summed E-state index contributed by atoms with van der Waals surface area (Å²) in [6.07, 6.45) is 5.74. The van der Waals surface area contributed by atoms with Crippen molar-refractivity contribution in [2.24, 2.45) is 5.10 Å². The Morgan fingerprint density at radius 3 is 2.67 bits per heavy atom. The van der Waals surface area contributed by atoms with Crippen LogP contribution in [0.25, 0.3) is 5.65 Å². The number of hydrogen-bond donors (Lipinski definition) is 1. The molecular formula is C16H22N4O. The Hall–Kier alpha value is -2.17. The lowest BCUT2D eigenvalue weighted by Crippen LogP contribution is -2.22. The fourth-order valence-corrected chi connectivity index (χ4v) is 2.38. The SMILES string of the molecule is CCCC(CCC)=NNC(=O)c1c(C)nc2ccccn12. The van der Waals surface area contributed by atoms with Crippen molar-refractivity contribution in [1.82, 2.24) is 14.8 Å². The van der Waals surface area contributed by atoms with Crippen LogP contribution in [0, 0.1) is 6.92 Å². The van der Waals surface area contributed by atoms with Crippen LogP contribution in [-0.2, 0) is 0 Å². The molecule has 0 aliphatic heterocycles. The molecule has 2 aromatic heterocycles. The minimum Gasteiger partial charge on any atom is -0.295 e. The van der Waals surface area contributed by atoms with E-state index >= 15 is 0 Å². The summed E-state index contributed by atoms with van der Waals surface area (Å²) in [5.74, 6) is -0.212. The Bertz CT molecular complexity index is 649. The summed E-state index contributed by atoms with van der Waals surface area (Å²) in [4.78, 5) is 16.8. The van der Waals surface area contributed by atoms with E-state index in [1.807, 2.05) is 31.3 Å². The maximum absolute atomic E-state index is 12.4. The molecule has 0 fully saturated rings. The van der Waals surface area contributed by atoms with Gasteiger partial charge in [0.2, 0.25) is 0 Å². The summed E-state index contributed by atoms with van der Waals surface area (Å²) in [5.41, 5.74) is 5.74. The highest BCUT2D eigenvalue weighted by molar-refractivity contribution is 5.95. The van der Waals surface area contributed by atoms with E-state index in [2.05, 4.69) is 29.4 Å². The molecule has 0 bridgehead atoms. The number of aryl methyl sites for hydroxylation is 1. The van der Waals surface area contributed by atoms with Crippen molar-refractivity contribution in [2.45, 2.75) is 46.5 Å². The van der Waals surface area contributed by atoms with Gasteiger partial charge in [0.05, 0.1) is 5.69 Å². The molecule has 0 spiro atoms. The molecule has 2 aromatic rings. The van der Waals surface area contributed by atoms with Gasteiger partial charge in [0.1, 0.15) is 11.3 Å². The largest absolute Gasteiger partial charge is 0.295 e. The Morgan fingerprint density at radius 2 is 2.00 bits per heavy atom. The Balaban J connectivity index is 2.22. The summed E-state index contributed by atoms with van der Waals surface area (Å²) in [7, 11) is 0. The molecule has 112 valence electrons. The number of aromatic nitrogens is 2. The van der Waals surface area contributed by atoms with E-state index in [1.54, 1.807) is 4.40 Å². The molecule has 0 radical (unpaired) electrons. The number of hydrazone groups is 1. The third-order valence-corrected chi connectivity index (χ3v) is 3.31. The van der Waals surface area contributed by atoms with Gasteiger partial charge in [-0.25, -0.2) is 10.4 Å². The highest BCUT2D eigenvalue weighted by Gasteiger charge is 2.15. The minimum absolute atomic E-state index is 0.212. The standard InChI is InChI=1S/C16H22N4O/c1-4-8-13(9-5-2)18-19-16(21)15-12(3)17-14-10-6-7-11-20(14)15/h6-7,10-11H,4-5,8-9H2,1-3H3,(H,19,21). The zero-order chi connectivity index (χ0) is 15.2. The van der Waals surface area contributed by atoms with Gasteiger partial charge < -0.3 is 0 Å². The number of amides is 1. The van der Waals surface area contributed by atoms with Crippen molar-refractivity contribution in [3.05, 3.63) is 35.8 Å². The zero-order valence-electron chi connectivity index (χ0n) is 12.9. The van der Waals surface area contributed by atoms with Crippen molar-refractivity contribution >= 4 is 17.3 Å². The van der Waals surface area contributed by atoms with Crippen molar-refractivity contribution in [3.8, 4) is 0 Å². The molecule has 5 nitrogen and oxygen atoms in total. The van der Waals surface area contributed by atoms with Gasteiger partial charge in [0, 0.05) is 11.9 Å². The Labute approximate surface area is 125 Å². The second-order valence-corrected chi connectivity index (χ2v) is 5.09. The Morgan fingerprint density at radius 1 is 1.29 bits per heavy atom. The quantitative estimate of drug-likeness (QED) is 0.654. The number of nitrogens with zero attached hydrogens (tertiary/aromatic N) is 3. The van der Waals surface area contributed by atoms with Crippen molar-refractivity contribution in [1.29, 1.82) is 0 Å². The summed E-state index contributed by atoms with van der Waals surface area (Å²) < 4.78 is 1.79. The molecule has 0 aromatic carbocycles. The molecule has 2 heterocycles. The predicted octanol–water partition coefficient (Wildman–Crippen LogP) is 3.33. The van der Waals surface area contributed by atoms with Gasteiger partial charge >= 0.3 is 0 Å². The van der Waals surface area contributed by atoms with E-state index in [9.17, 15) is 4.79 Å². The summed E-state index contributed by atoms with van der Waals surface area (Å²) in [6, 6.07) is 5.67. The van der Waals surface area contributed by atoms with E-state index < -0.39 is 0 Å². The zero-order valence-corrected chi connectivity index (χ0v) is 12.9. The van der Waals surface area contributed by atoms with Crippen LogP contribution in [0.3, 0.4) is 0 Å². The van der Waals surface area contributed by atoms with Crippen LogP contribution >= 0.6 is 0 Å². The van der Waals surface area contributed by atoms with Gasteiger partial charge in [0.15, 0.2) is 0 Å². The first-order valence-electron chi connectivity index (χ1n) is 7.46. The van der Waals surface area contributed by atoms with Crippen LogP contribution in [-0.4, -0.2) is 21.0 Å². The number of fused-ring (bicyclic) bond motifs is 1. The molecule has 0 aliphatic carbocycles. The molecule has 2 rings (SSSR count). The Kier molecular flexibility index (Phi) is 5.09. The van der Waals surface area contributed by atoms with Gasteiger partial charge in [-0.3, -0.25) is 9.20 Å². The van der Waals surface area contributed by atoms with Gasteiger partial charge in [-0.05, 0) is 31.9 Å². The van der Waals surface area contributed by atoms with E-state index in [0.29, 0.717) is 11.4 Å². The smallest absolute Gasteiger partial charge is 0.290 e. The van der Waals surface area contributed by atoms with Gasteiger partial charge in [-0.2, -0.15) is 5.10 Å².